The van der Waals surface area contributed by atoms with Crippen LogP contribution in [0.15, 0.2) is 10.5 Å². The lowest BCUT2D eigenvalue weighted by Crippen LogP contribution is -2.11. The van der Waals surface area contributed by atoms with Gasteiger partial charge in [-0.05, 0) is 13.0 Å². The van der Waals surface area contributed by atoms with Gasteiger partial charge in [0, 0.05) is 7.05 Å². The van der Waals surface area contributed by atoms with E-state index >= 15 is 0 Å². The van der Waals surface area contributed by atoms with Gasteiger partial charge >= 0.3 is 11.9 Å². The number of ether oxygens (including phenoxy) is 2. The molecule has 0 atom stereocenters. The molecule has 0 aromatic carbocycles. The maximum absolute atomic E-state index is 11.7. The molecule has 0 aliphatic carbocycles. The van der Waals surface area contributed by atoms with Gasteiger partial charge in [0.15, 0.2) is 5.76 Å². The molecule has 0 spiro atoms. The van der Waals surface area contributed by atoms with Gasteiger partial charge in [0.05, 0.1) is 19.9 Å². The Bertz CT molecular complexity index is 487. The highest BCUT2D eigenvalue weighted by Gasteiger charge is 2.29. The third-order valence-corrected chi connectivity index (χ3v) is 2.26. The largest absolute Gasteiger partial charge is 0.465 e. The fourth-order valence-corrected chi connectivity index (χ4v) is 1.50. The Kier molecular flexibility index (Phi) is 4.53. The summed E-state index contributed by atoms with van der Waals surface area (Å²) >= 11 is 0. The smallest absolute Gasteiger partial charge is 0.374 e. The van der Waals surface area contributed by atoms with Crippen LogP contribution in [-0.4, -0.2) is 33.2 Å². The second-order valence-electron chi connectivity index (χ2n) is 3.28. The van der Waals surface area contributed by atoms with Crippen LogP contribution < -0.4 is 5.32 Å². The molecule has 1 heterocycles. The van der Waals surface area contributed by atoms with Crippen LogP contribution in [0.2, 0.25) is 0 Å². The van der Waals surface area contributed by atoms with Crippen LogP contribution in [0.3, 0.4) is 0 Å². The first-order valence-corrected chi connectivity index (χ1v) is 5.24. The summed E-state index contributed by atoms with van der Waals surface area (Å²) in [6, 6.07) is 0. The van der Waals surface area contributed by atoms with Crippen molar-refractivity contribution in [3.05, 3.63) is 23.2 Å². The molecule has 18 heavy (non-hydrogen) atoms. The second-order valence-corrected chi connectivity index (χ2v) is 3.28. The van der Waals surface area contributed by atoms with Gasteiger partial charge in [0.2, 0.25) is 5.76 Å². The Morgan fingerprint density at radius 1 is 1.22 bits per heavy atom. The lowest BCUT2D eigenvalue weighted by atomic mass is 10.2. The minimum atomic E-state index is -0.734. The fourth-order valence-electron chi connectivity index (χ4n) is 1.50. The third-order valence-electron chi connectivity index (χ3n) is 2.26. The van der Waals surface area contributed by atoms with Crippen molar-refractivity contribution in [1.82, 2.24) is 0 Å². The van der Waals surface area contributed by atoms with Crippen LogP contribution in [0.5, 0.6) is 0 Å². The van der Waals surface area contributed by atoms with E-state index < -0.39 is 11.9 Å². The van der Waals surface area contributed by atoms with Crippen molar-refractivity contribution in [2.45, 2.75) is 6.92 Å². The Morgan fingerprint density at radius 3 is 2.28 bits per heavy atom. The molecule has 1 rings (SSSR count). The molecule has 6 heteroatoms. The fraction of sp³-hybridized carbons (Fsp3) is 0.333. The van der Waals surface area contributed by atoms with E-state index in [1.54, 1.807) is 26.1 Å². The van der Waals surface area contributed by atoms with E-state index in [1.807, 2.05) is 0 Å². The normalized spacial score (nSPS) is 10.4. The summed E-state index contributed by atoms with van der Waals surface area (Å²) in [5.41, 5.74) is 0.417. The van der Waals surface area contributed by atoms with E-state index in [-0.39, 0.29) is 11.3 Å². The highest BCUT2D eigenvalue weighted by molar-refractivity contribution is 6.06. The van der Waals surface area contributed by atoms with Gasteiger partial charge < -0.3 is 19.2 Å². The van der Waals surface area contributed by atoms with Crippen molar-refractivity contribution in [1.29, 1.82) is 0 Å². The number of rotatable bonds is 4. The Balaban J connectivity index is 3.49. The second kappa shape index (κ2) is 5.90. The number of allylic oxidation sites excluding steroid dienone is 1. The van der Waals surface area contributed by atoms with Gasteiger partial charge in [-0.2, -0.15) is 0 Å². The van der Waals surface area contributed by atoms with E-state index in [2.05, 4.69) is 14.8 Å². The van der Waals surface area contributed by atoms with Crippen molar-refractivity contribution < 1.29 is 23.5 Å². The van der Waals surface area contributed by atoms with Gasteiger partial charge in [-0.3, -0.25) is 0 Å². The number of carbonyl (C=O) groups is 2. The molecule has 0 bridgehead atoms. The summed E-state index contributed by atoms with van der Waals surface area (Å²) in [6.07, 6.45) is 3.35. The van der Waals surface area contributed by atoms with Crippen LogP contribution in [0, 0.1) is 0 Å². The first-order chi connectivity index (χ1) is 8.60. The Labute approximate surface area is 105 Å². The van der Waals surface area contributed by atoms with Crippen molar-refractivity contribution in [2.24, 2.45) is 0 Å². The van der Waals surface area contributed by atoms with Gasteiger partial charge in [0.25, 0.3) is 0 Å². The monoisotopic (exact) mass is 253 g/mol. The minimum absolute atomic E-state index is 0.0277. The molecule has 0 aliphatic heterocycles. The molecule has 1 N–H and O–H groups in total. The average Bonchev–Trinajstić information content (AvgIpc) is 2.75. The first-order valence-electron chi connectivity index (χ1n) is 5.24. The molecule has 1 aromatic heterocycles. The van der Waals surface area contributed by atoms with Crippen LogP contribution in [-0.2, 0) is 9.47 Å². The zero-order valence-corrected chi connectivity index (χ0v) is 10.7. The number of furan rings is 1. The first kappa shape index (κ1) is 13.8. The van der Waals surface area contributed by atoms with Gasteiger partial charge in [-0.25, -0.2) is 9.59 Å². The standard InChI is InChI=1S/C12H15NO5/c1-5-6-7-9(13-2)8(11(14)16-3)10(18-7)12(15)17-4/h5-6,13H,1-4H3/b6-5+. The number of nitrogens with one attached hydrogen (secondary N) is 1. The molecule has 0 radical (unpaired) electrons. The SMILES string of the molecule is C/C=C/c1oc(C(=O)OC)c(C(=O)OC)c1NC. The molecule has 0 amide bonds. The Hall–Kier alpha value is -2.24. The molecule has 0 fully saturated rings. The summed E-state index contributed by atoms with van der Waals surface area (Å²) < 4.78 is 14.5. The minimum Gasteiger partial charge on any atom is -0.465 e. The van der Waals surface area contributed by atoms with Crippen LogP contribution in [0.25, 0.3) is 6.08 Å². The van der Waals surface area contributed by atoms with E-state index in [9.17, 15) is 9.59 Å². The molecule has 0 saturated carbocycles. The number of hydrogen-bond acceptors (Lipinski definition) is 6. The Morgan fingerprint density at radius 2 is 1.83 bits per heavy atom. The van der Waals surface area contributed by atoms with Crippen molar-refractivity contribution in [3.63, 3.8) is 0 Å². The van der Waals surface area contributed by atoms with Crippen LogP contribution in [0.4, 0.5) is 5.69 Å². The predicted molar refractivity (Wildman–Crippen MR) is 65.6 cm³/mol. The number of esters is 2. The number of hydrogen-bond donors (Lipinski definition) is 1. The number of anilines is 1. The summed E-state index contributed by atoms with van der Waals surface area (Å²) in [5.74, 6) is -1.22. The molecule has 1 aromatic rings. The van der Waals surface area contributed by atoms with E-state index in [0.29, 0.717) is 11.4 Å². The number of carbonyl (C=O) groups excluding carboxylic acids is 2. The van der Waals surface area contributed by atoms with E-state index in [4.69, 9.17) is 4.42 Å². The summed E-state index contributed by atoms with van der Waals surface area (Å²) in [7, 11) is 4.05. The highest BCUT2D eigenvalue weighted by Crippen LogP contribution is 2.30. The molecular formula is C12H15NO5. The molecule has 6 nitrogen and oxygen atoms in total. The molecular weight excluding hydrogens is 238 g/mol. The third kappa shape index (κ3) is 2.37. The van der Waals surface area contributed by atoms with Gasteiger partial charge in [-0.15, -0.1) is 0 Å². The maximum atomic E-state index is 11.7. The molecule has 98 valence electrons. The average molecular weight is 253 g/mol. The van der Waals surface area contributed by atoms with Crippen LogP contribution >= 0.6 is 0 Å². The summed E-state index contributed by atoms with van der Waals surface area (Å²) in [5, 5.41) is 2.81. The summed E-state index contributed by atoms with van der Waals surface area (Å²) in [6.45, 7) is 1.79. The number of methoxy groups -OCH3 is 2. The molecule has 0 saturated heterocycles. The highest BCUT2D eigenvalue weighted by atomic mass is 16.5. The predicted octanol–water partition coefficient (Wildman–Crippen LogP) is 1.93. The van der Waals surface area contributed by atoms with E-state index in [1.165, 1.54) is 14.2 Å². The topological polar surface area (TPSA) is 77.8 Å². The van der Waals surface area contributed by atoms with Crippen molar-refractivity contribution >= 4 is 23.7 Å². The van der Waals surface area contributed by atoms with E-state index in [0.717, 1.165) is 0 Å². The lowest BCUT2D eigenvalue weighted by molar-refractivity contribution is 0.0528. The maximum Gasteiger partial charge on any atom is 0.374 e. The molecule has 0 aliphatic rings. The lowest BCUT2D eigenvalue weighted by Gasteiger charge is -2.02. The van der Waals surface area contributed by atoms with Crippen molar-refractivity contribution in [2.75, 3.05) is 26.6 Å². The van der Waals surface area contributed by atoms with Crippen molar-refractivity contribution in [3.8, 4) is 0 Å². The van der Waals surface area contributed by atoms with Gasteiger partial charge in [-0.1, -0.05) is 6.08 Å². The zero-order valence-electron chi connectivity index (χ0n) is 10.7. The zero-order chi connectivity index (χ0) is 13.7. The summed E-state index contributed by atoms with van der Waals surface area (Å²) in [4.78, 5) is 23.3. The molecule has 0 unspecified atom stereocenters. The van der Waals surface area contributed by atoms with Crippen LogP contribution in [0.1, 0.15) is 33.6 Å². The quantitative estimate of drug-likeness (QED) is 0.826. The van der Waals surface area contributed by atoms with Gasteiger partial charge in [0.1, 0.15) is 5.56 Å².